The van der Waals surface area contributed by atoms with E-state index in [0.29, 0.717) is 7.18 Å². The Hall–Kier alpha value is -0.850. The van der Waals surface area contributed by atoms with Gasteiger partial charge in [0.15, 0.2) is 0 Å². The third-order valence-electron chi connectivity index (χ3n) is 1.49. The van der Waals surface area contributed by atoms with E-state index in [1.807, 2.05) is 0 Å². The van der Waals surface area contributed by atoms with Crippen molar-refractivity contribution in [1.82, 2.24) is 0 Å². The van der Waals surface area contributed by atoms with Gasteiger partial charge in [-0.05, 0) is 18.9 Å². The van der Waals surface area contributed by atoms with E-state index in [1.165, 1.54) is 11.1 Å². The van der Waals surface area contributed by atoms with E-state index in [2.05, 4.69) is 38.1 Å². The molecule has 0 aromatic heterocycles. The molecule has 62 valence electrons. The van der Waals surface area contributed by atoms with Gasteiger partial charge in [-0.3, -0.25) is 4.39 Å². The molecule has 1 aromatic rings. The molecule has 0 bridgehead atoms. The Balaban J connectivity index is 0.000000461. The maximum absolute atomic E-state index is 9.50. The van der Waals surface area contributed by atoms with Crippen LogP contribution in [0.25, 0.3) is 0 Å². The first kappa shape index (κ1) is 10.2. The van der Waals surface area contributed by atoms with Crippen LogP contribution in [-0.2, 0) is 6.42 Å². The third kappa shape index (κ3) is 3.76. The summed E-state index contributed by atoms with van der Waals surface area (Å²) in [4.78, 5) is 0. The van der Waals surface area contributed by atoms with Gasteiger partial charge in [-0.15, -0.1) is 0 Å². The highest BCUT2D eigenvalue weighted by atomic mass is 19.1. The Labute approximate surface area is 68.1 Å². The van der Waals surface area contributed by atoms with Crippen LogP contribution in [0.4, 0.5) is 4.39 Å². The summed E-state index contributed by atoms with van der Waals surface area (Å²) >= 11 is 0. The second kappa shape index (κ2) is 5.90. The van der Waals surface area contributed by atoms with Gasteiger partial charge in [0.1, 0.15) is 0 Å². The molecule has 1 heteroatoms. The summed E-state index contributed by atoms with van der Waals surface area (Å²) in [5.41, 5.74) is 2.78. The van der Waals surface area contributed by atoms with Crippen LogP contribution in [-0.4, -0.2) is 7.18 Å². The van der Waals surface area contributed by atoms with Crippen molar-refractivity contribution in [2.45, 2.75) is 20.3 Å². The highest BCUT2D eigenvalue weighted by molar-refractivity contribution is 5.21. The average molecular weight is 154 g/mol. The normalized spacial score (nSPS) is 8.36. The lowest BCUT2D eigenvalue weighted by atomic mass is 10.1. The van der Waals surface area contributed by atoms with Crippen molar-refractivity contribution in [1.29, 1.82) is 0 Å². The van der Waals surface area contributed by atoms with Crippen LogP contribution in [0.3, 0.4) is 0 Å². The van der Waals surface area contributed by atoms with E-state index in [9.17, 15) is 4.39 Å². The largest absolute Gasteiger partial charge is 0.255 e. The molecule has 0 nitrogen and oxygen atoms in total. The van der Waals surface area contributed by atoms with E-state index in [0.717, 1.165) is 6.42 Å². The molecule has 0 aliphatic carbocycles. The third-order valence-corrected chi connectivity index (χ3v) is 1.49. The number of aryl methyl sites for hydroxylation is 2. The molecular formula is C10H15F. The van der Waals surface area contributed by atoms with Crippen LogP contribution >= 0.6 is 0 Å². The van der Waals surface area contributed by atoms with Crippen LogP contribution in [0.15, 0.2) is 24.3 Å². The molecule has 0 aliphatic heterocycles. The van der Waals surface area contributed by atoms with Gasteiger partial charge in [-0.1, -0.05) is 36.8 Å². The number of hydrogen-bond donors (Lipinski definition) is 0. The fraction of sp³-hybridized carbons (Fsp3) is 0.400. The van der Waals surface area contributed by atoms with Gasteiger partial charge in [0.05, 0.1) is 7.18 Å². The topological polar surface area (TPSA) is 0 Å². The molecule has 0 saturated carbocycles. The van der Waals surface area contributed by atoms with E-state index >= 15 is 0 Å². The molecular weight excluding hydrogens is 139 g/mol. The van der Waals surface area contributed by atoms with Gasteiger partial charge in [0, 0.05) is 0 Å². The zero-order valence-corrected chi connectivity index (χ0v) is 7.39. The zero-order chi connectivity index (χ0) is 8.69. The highest BCUT2D eigenvalue weighted by Gasteiger charge is 1.85. The van der Waals surface area contributed by atoms with Crippen molar-refractivity contribution in [2.24, 2.45) is 0 Å². The Bertz CT molecular complexity index is 194. The minimum atomic E-state index is 0.500. The van der Waals surface area contributed by atoms with Crippen LogP contribution < -0.4 is 0 Å². The molecule has 0 fully saturated rings. The van der Waals surface area contributed by atoms with Gasteiger partial charge in [0.2, 0.25) is 0 Å². The van der Waals surface area contributed by atoms with Crippen LogP contribution in [0.2, 0.25) is 0 Å². The minimum Gasteiger partial charge on any atom is -0.255 e. The van der Waals surface area contributed by atoms with Crippen LogP contribution in [0.1, 0.15) is 18.1 Å². The maximum atomic E-state index is 9.50. The lowest BCUT2D eigenvalue weighted by Gasteiger charge is -1.95. The SMILES string of the molecule is CCc1cccc(C)c1.CF. The first-order valence-corrected chi connectivity index (χ1v) is 3.76. The standard InChI is InChI=1S/C9H12.CH3F/c1-3-9-6-4-5-8(2)7-9;1-2/h4-7H,3H2,1-2H3;1H3. The van der Waals surface area contributed by atoms with E-state index in [4.69, 9.17) is 0 Å². The molecule has 0 spiro atoms. The molecule has 1 rings (SSSR count). The molecule has 0 amide bonds. The molecule has 0 N–H and O–H groups in total. The van der Waals surface area contributed by atoms with Crippen molar-refractivity contribution in [3.05, 3.63) is 35.4 Å². The Morgan fingerprint density at radius 3 is 2.27 bits per heavy atom. The second-order valence-corrected chi connectivity index (χ2v) is 2.34. The lowest BCUT2D eigenvalue weighted by Crippen LogP contribution is -1.78. The average Bonchev–Trinajstić information content (AvgIpc) is 2.08. The van der Waals surface area contributed by atoms with Crippen molar-refractivity contribution < 1.29 is 4.39 Å². The summed E-state index contributed by atoms with van der Waals surface area (Å²) in [5.74, 6) is 0. The Kier molecular flexibility index (Phi) is 5.44. The number of benzene rings is 1. The Morgan fingerprint density at radius 1 is 1.27 bits per heavy atom. The summed E-state index contributed by atoms with van der Waals surface area (Å²) in [6.45, 7) is 4.30. The number of halogens is 1. The predicted molar refractivity (Wildman–Crippen MR) is 47.6 cm³/mol. The molecule has 0 atom stereocenters. The van der Waals surface area contributed by atoms with Crippen molar-refractivity contribution >= 4 is 0 Å². The predicted octanol–water partition coefficient (Wildman–Crippen LogP) is 3.14. The minimum absolute atomic E-state index is 0.500. The number of hydrogen-bond acceptors (Lipinski definition) is 0. The number of rotatable bonds is 1. The summed E-state index contributed by atoms with van der Waals surface area (Å²) in [6, 6.07) is 8.61. The van der Waals surface area contributed by atoms with Crippen molar-refractivity contribution in [3.8, 4) is 0 Å². The molecule has 0 heterocycles. The summed E-state index contributed by atoms with van der Waals surface area (Å²) in [5, 5.41) is 0. The highest BCUT2D eigenvalue weighted by Crippen LogP contribution is 2.03. The molecule has 11 heavy (non-hydrogen) atoms. The van der Waals surface area contributed by atoms with Gasteiger partial charge < -0.3 is 0 Å². The van der Waals surface area contributed by atoms with Crippen molar-refractivity contribution in [3.63, 3.8) is 0 Å². The monoisotopic (exact) mass is 154 g/mol. The van der Waals surface area contributed by atoms with Crippen molar-refractivity contribution in [2.75, 3.05) is 7.18 Å². The van der Waals surface area contributed by atoms with E-state index in [1.54, 1.807) is 0 Å². The Morgan fingerprint density at radius 2 is 1.91 bits per heavy atom. The first-order chi connectivity index (χ1) is 5.33. The molecule has 1 aromatic carbocycles. The summed E-state index contributed by atoms with van der Waals surface area (Å²) in [6.07, 6.45) is 1.14. The van der Waals surface area contributed by atoms with E-state index in [-0.39, 0.29) is 0 Å². The zero-order valence-electron chi connectivity index (χ0n) is 7.39. The molecule has 0 aliphatic rings. The van der Waals surface area contributed by atoms with Gasteiger partial charge in [-0.2, -0.15) is 0 Å². The fourth-order valence-corrected chi connectivity index (χ4v) is 0.932. The lowest BCUT2D eigenvalue weighted by molar-refractivity contribution is 0.636. The van der Waals surface area contributed by atoms with Gasteiger partial charge >= 0.3 is 0 Å². The van der Waals surface area contributed by atoms with Gasteiger partial charge in [0.25, 0.3) is 0 Å². The smallest absolute Gasteiger partial charge is 0.0785 e. The van der Waals surface area contributed by atoms with Gasteiger partial charge in [-0.25, -0.2) is 0 Å². The molecule has 0 unspecified atom stereocenters. The quantitative estimate of drug-likeness (QED) is 0.583. The van der Waals surface area contributed by atoms with Crippen LogP contribution in [0.5, 0.6) is 0 Å². The van der Waals surface area contributed by atoms with E-state index < -0.39 is 0 Å². The summed E-state index contributed by atoms with van der Waals surface area (Å²) < 4.78 is 9.50. The maximum Gasteiger partial charge on any atom is 0.0785 e. The molecule has 0 saturated heterocycles. The summed E-state index contributed by atoms with van der Waals surface area (Å²) in [7, 11) is 0.500. The fourth-order valence-electron chi connectivity index (χ4n) is 0.932. The molecule has 0 radical (unpaired) electrons. The second-order valence-electron chi connectivity index (χ2n) is 2.34. The van der Waals surface area contributed by atoms with Crippen LogP contribution in [0, 0.1) is 6.92 Å². The first-order valence-electron chi connectivity index (χ1n) is 3.76. The number of alkyl halides is 1.